The summed E-state index contributed by atoms with van der Waals surface area (Å²) in [6, 6.07) is 10.8. The van der Waals surface area contributed by atoms with Crippen molar-refractivity contribution in [2.75, 3.05) is 18.4 Å². The van der Waals surface area contributed by atoms with Gasteiger partial charge >= 0.3 is 0 Å². The maximum Gasteiger partial charge on any atom is 0.222 e. The molecule has 0 radical (unpaired) electrons. The van der Waals surface area contributed by atoms with Gasteiger partial charge in [-0.2, -0.15) is 0 Å². The first-order chi connectivity index (χ1) is 12.3. The lowest BCUT2D eigenvalue weighted by atomic mass is 9.90. The number of likely N-dealkylation sites (tertiary alicyclic amines) is 1. The number of carbonyl (C=O) groups excluding carboxylic acids is 1. The van der Waals surface area contributed by atoms with E-state index in [1.165, 1.54) is 56.9 Å². The fourth-order valence-corrected chi connectivity index (χ4v) is 4.23. The van der Waals surface area contributed by atoms with E-state index in [0.29, 0.717) is 11.8 Å². The van der Waals surface area contributed by atoms with Crippen LogP contribution in [0.1, 0.15) is 69.8 Å². The van der Waals surface area contributed by atoms with Gasteiger partial charge in [0.15, 0.2) is 0 Å². The lowest BCUT2D eigenvalue weighted by molar-refractivity contribution is -0.132. The van der Waals surface area contributed by atoms with Gasteiger partial charge in [-0.3, -0.25) is 4.79 Å². The quantitative estimate of drug-likeness (QED) is 0.326. The van der Waals surface area contributed by atoms with Gasteiger partial charge in [-0.15, -0.1) is 0 Å². The first-order valence-electron chi connectivity index (χ1n) is 10.2. The molecule has 25 heavy (non-hydrogen) atoms. The van der Waals surface area contributed by atoms with Crippen LogP contribution in [0.25, 0.3) is 0 Å². The van der Waals surface area contributed by atoms with Crippen molar-refractivity contribution in [2.45, 2.75) is 70.6 Å². The fraction of sp³-hybridized carbons (Fsp3) is 0.682. The van der Waals surface area contributed by atoms with Crippen molar-refractivity contribution < 1.29 is 4.79 Å². The molecule has 1 aliphatic rings. The minimum Gasteiger partial charge on any atom is -0.343 e. The molecule has 1 amide bonds. The molecule has 1 heterocycles. The molecule has 2 nitrogen and oxygen atoms in total. The Morgan fingerprint density at radius 2 is 1.68 bits per heavy atom. The number of carbonyl (C=O) groups is 1. The first kappa shape index (κ1) is 20.5. The molecular formula is C22H34BrNO. The van der Waals surface area contributed by atoms with Crippen molar-refractivity contribution in [3.05, 3.63) is 35.9 Å². The smallest absolute Gasteiger partial charge is 0.222 e. The maximum atomic E-state index is 12.4. The van der Waals surface area contributed by atoms with Crippen molar-refractivity contribution in [3.63, 3.8) is 0 Å². The summed E-state index contributed by atoms with van der Waals surface area (Å²) in [4.78, 5) is 14.5. The van der Waals surface area contributed by atoms with Gasteiger partial charge in [0.1, 0.15) is 0 Å². The molecule has 0 N–H and O–H groups in total. The van der Waals surface area contributed by atoms with E-state index >= 15 is 0 Å². The Labute approximate surface area is 162 Å². The molecule has 0 saturated carbocycles. The van der Waals surface area contributed by atoms with E-state index in [0.717, 1.165) is 37.7 Å². The third kappa shape index (κ3) is 8.40. The molecule has 0 aliphatic carbocycles. The summed E-state index contributed by atoms with van der Waals surface area (Å²) >= 11 is 3.54. The van der Waals surface area contributed by atoms with E-state index in [1.807, 2.05) is 0 Å². The van der Waals surface area contributed by atoms with E-state index in [9.17, 15) is 4.79 Å². The van der Waals surface area contributed by atoms with Gasteiger partial charge in [-0.25, -0.2) is 0 Å². The molecule has 1 fully saturated rings. The van der Waals surface area contributed by atoms with Crippen LogP contribution >= 0.6 is 15.9 Å². The Morgan fingerprint density at radius 3 is 2.40 bits per heavy atom. The zero-order valence-electron chi connectivity index (χ0n) is 15.6. The Bertz CT molecular complexity index is 470. The minimum atomic E-state index is 0.397. The highest BCUT2D eigenvalue weighted by atomic mass is 79.9. The number of nitrogens with zero attached hydrogens (tertiary/aromatic N) is 1. The minimum absolute atomic E-state index is 0.397. The molecule has 3 heteroatoms. The number of amides is 1. The van der Waals surface area contributed by atoms with Gasteiger partial charge in [0, 0.05) is 24.8 Å². The average Bonchev–Trinajstić information content (AvgIpc) is 2.67. The summed E-state index contributed by atoms with van der Waals surface area (Å²) in [6.45, 7) is 1.97. The Kier molecular flexibility index (Phi) is 10.3. The number of alkyl halides is 1. The SMILES string of the molecule is O=C(CCC(CCCCBr)CCCc1ccccc1)N1CCCCC1. The summed E-state index contributed by atoms with van der Waals surface area (Å²) in [5.74, 6) is 1.10. The summed E-state index contributed by atoms with van der Waals surface area (Å²) < 4.78 is 0. The molecule has 140 valence electrons. The van der Waals surface area contributed by atoms with Gasteiger partial charge in [0.2, 0.25) is 5.91 Å². The monoisotopic (exact) mass is 407 g/mol. The van der Waals surface area contributed by atoms with E-state index in [1.54, 1.807) is 0 Å². The summed E-state index contributed by atoms with van der Waals surface area (Å²) in [7, 11) is 0. The maximum absolute atomic E-state index is 12.4. The summed E-state index contributed by atoms with van der Waals surface area (Å²) in [5.41, 5.74) is 1.44. The average molecular weight is 408 g/mol. The highest BCUT2D eigenvalue weighted by Crippen LogP contribution is 2.23. The second kappa shape index (κ2) is 12.5. The molecule has 1 saturated heterocycles. The highest BCUT2D eigenvalue weighted by molar-refractivity contribution is 9.09. The topological polar surface area (TPSA) is 20.3 Å². The summed E-state index contributed by atoms with van der Waals surface area (Å²) in [5, 5.41) is 1.09. The van der Waals surface area contributed by atoms with Crippen LogP contribution in [-0.2, 0) is 11.2 Å². The van der Waals surface area contributed by atoms with Crippen LogP contribution in [0.3, 0.4) is 0 Å². The second-order valence-corrected chi connectivity index (χ2v) is 8.20. The molecule has 1 atom stereocenters. The van der Waals surface area contributed by atoms with Gasteiger partial charge in [0.05, 0.1) is 0 Å². The van der Waals surface area contributed by atoms with Crippen LogP contribution in [0.4, 0.5) is 0 Å². The van der Waals surface area contributed by atoms with E-state index in [2.05, 4.69) is 51.2 Å². The number of rotatable bonds is 11. The zero-order valence-corrected chi connectivity index (χ0v) is 17.2. The number of hydrogen-bond acceptors (Lipinski definition) is 1. The fourth-order valence-electron chi connectivity index (χ4n) is 3.83. The number of halogens is 1. The Hall–Kier alpha value is -0.830. The molecule has 1 unspecified atom stereocenters. The van der Waals surface area contributed by atoms with Crippen LogP contribution in [0.15, 0.2) is 30.3 Å². The normalized spacial score (nSPS) is 16.0. The summed E-state index contributed by atoms with van der Waals surface area (Å²) in [6.07, 6.45) is 13.0. The van der Waals surface area contributed by atoms with E-state index in [4.69, 9.17) is 0 Å². The van der Waals surface area contributed by atoms with Gasteiger partial charge in [-0.05, 0) is 56.4 Å². The predicted molar refractivity (Wildman–Crippen MR) is 110 cm³/mol. The lowest BCUT2D eigenvalue weighted by Crippen LogP contribution is -2.35. The lowest BCUT2D eigenvalue weighted by Gasteiger charge is -2.27. The number of benzene rings is 1. The van der Waals surface area contributed by atoms with E-state index < -0.39 is 0 Å². The Morgan fingerprint density at radius 1 is 0.960 bits per heavy atom. The third-order valence-electron chi connectivity index (χ3n) is 5.39. The van der Waals surface area contributed by atoms with Crippen molar-refractivity contribution in [3.8, 4) is 0 Å². The largest absolute Gasteiger partial charge is 0.343 e. The number of unbranched alkanes of at least 4 members (excludes halogenated alkanes) is 1. The molecule has 0 aromatic heterocycles. The van der Waals surface area contributed by atoms with Crippen LogP contribution in [0.2, 0.25) is 0 Å². The predicted octanol–water partition coefficient (Wildman–Crippen LogP) is 5.98. The van der Waals surface area contributed by atoms with Crippen LogP contribution in [-0.4, -0.2) is 29.2 Å². The van der Waals surface area contributed by atoms with Crippen molar-refractivity contribution in [1.82, 2.24) is 4.90 Å². The zero-order chi connectivity index (χ0) is 17.7. The third-order valence-corrected chi connectivity index (χ3v) is 5.95. The van der Waals surface area contributed by atoms with Gasteiger partial charge < -0.3 is 4.90 Å². The number of aryl methyl sites for hydroxylation is 1. The van der Waals surface area contributed by atoms with Crippen LogP contribution < -0.4 is 0 Å². The van der Waals surface area contributed by atoms with Crippen molar-refractivity contribution >= 4 is 21.8 Å². The second-order valence-electron chi connectivity index (χ2n) is 7.41. The molecular weight excluding hydrogens is 374 g/mol. The van der Waals surface area contributed by atoms with Crippen molar-refractivity contribution in [1.29, 1.82) is 0 Å². The number of piperidine rings is 1. The molecule has 0 bridgehead atoms. The van der Waals surface area contributed by atoms with E-state index in [-0.39, 0.29) is 0 Å². The van der Waals surface area contributed by atoms with Gasteiger partial charge in [-0.1, -0.05) is 65.5 Å². The number of hydrogen-bond donors (Lipinski definition) is 0. The first-order valence-corrected chi connectivity index (χ1v) is 11.3. The molecule has 0 spiro atoms. The molecule has 1 aliphatic heterocycles. The van der Waals surface area contributed by atoms with Gasteiger partial charge in [0.25, 0.3) is 0 Å². The van der Waals surface area contributed by atoms with Crippen LogP contribution in [0.5, 0.6) is 0 Å². The highest BCUT2D eigenvalue weighted by Gasteiger charge is 2.18. The van der Waals surface area contributed by atoms with Crippen molar-refractivity contribution in [2.24, 2.45) is 5.92 Å². The van der Waals surface area contributed by atoms with Crippen LogP contribution in [0, 0.1) is 5.92 Å². The molecule has 1 aromatic carbocycles. The molecule has 1 aromatic rings. The Balaban J connectivity index is 1.72. The molecule has 2 rings (SSSR count). The standard InChI is InChI=1S/C22H34BrNO/c23-17-6-5-12-21(14-9-13-20-10-3-1-4-11-20)15-16-22(25)24-18-7-2-8-19-24/h1,3-4,10-11,21H,2,5-9,12-19H2.